The van der Waals surface area contributed by atoms with Crippen LogP contribution in [0.1, 0.15) is 48.3 Å². The molecule has 1 aliphatic heterocycles. The molecule has 2 aromatic carbocycles. The minimum absolute atomic E-state index is 0.00141. The lowest BCUT2D eigenvalue weighted by Gasteiger charge is -2.52. The first-order chi connectivity index (χ1) is 15.2. The lowest BCUT2D eigenvalue weighted by Crippen LogP contribution is -2.66. The number of amides is 1. The molecule has 1 heterocycles. The molecule has 5 heteroatoms. The topological polar surface area (TPSA) is 73.6 Å². The third kappa shape index (κ3) is 4.02. The van der Waals surface area contributed by atoms with Gasteiger partial charge in [0.2, 0.25) is 5.91 Å². The second kappa shape index (κ2) is 9.25. The highest BCUT2D eigenvalue weighted by molar-refractivity contribution is 5.82. The van der Waals surface area contributed by atoms with E-state index in [0.29, 0.717) is 0 Å². The van der Waals surface area contributed by atoms with Crippen LogP contribution >= 0.6 is 0 Å². The predicted octanol–water partition coefficient (Wildman–Crippen LogP) is 3.46. The van der Waals surface area contributed by atoms with Gasteiger partial charge in [-0.15, -0.1) is 0 Å². The molecule has 158 valence electrons. The van der Waals surface area contributed by atoms with Gasteiger partial charge in [0.05, 0.1) is 31.4 Å². The first-order valence-corrected chi connectivity index (χ1v) is 10.8. The number of carbonyl (C=O) groups excluding carboxylic acids is 1. The van der Waals surface area contributed by atoms with Crippen molar-refractivity contribution in [2.75, 3.05) is 13.7 Å². The lowest BCUT2D eigenvalue weighted by atomic mass is 9.75. The van der Waals surface area contributed by atoms with E-state index in [2.05, 4.69) is 17.9 Å². The molecule has 1 aliphatic carbocycles. The molecule has 1 N–H and O–H groups in total. The number of carbonyl (C=O) groups is 1. The van der Waals surface area contributed by atoms with Crippen molar-refractivity contribution < 1.29 is 14.6 Å². The number of nitrogens with zero attached hydrogens (tertiary/aromatic N) is 2. The molecular formula is C26H26N2O3. The number of benzene rings is 2. The van der Waals surface area contributed by atoms with Crippen LogP contribution in [0.2, 0.25) is 0 Å². The summed E-state index contributed by atoms with van der Waals surface area (Å²) >= 11 is 0. The second-order valence-corrected chi connectivity index (χ2v) is 8.15. The van der Waals surface area contributed by atoms with E-state index in [-0.39, 0.29) is 30.4 Å². The highest BCUT2D eigenvalue weighted by Crippen LogP contribution is 2.42. The molecule has 0 aromatic heterocycles. The Morgan fingerprint density at radius 1 is 1.13 bits per heavy atom. The smallest absolute Gasteiger partial charge is 0.227 e. The number of methoxy groups -OCH3 is 1. The minimum Gasteiger partial charge on any atom is -0.495 e. The van der Waals surface area contributed by atoms with Gasteiger partial charge in [-0.2, -0.15) is 5.26 Å². The van der Waals surface area contributed by atoms with Crippen molar-refractivity contribution in [3.63, 3.8) is 0 Å². The van der Waals surface area contributed by atoms with Crippen molar-refractivity contribution in [1.82, 2.24) is 4.90 Å². The number of ether oxygens (including phenoxy) is 1. The zero-order valence-corrected chi connectivity index (χ0v) is 17.6. The van der Waals surface area contributed by atoms with E-state index in [1.54, 1.807) is 12.0 Å². The Morgan fingerprint density at radius 3 is 2.48 bits per heavy atom. The molecule has 1 amide bonds. The molecule has 2 aliphatic rings. The standard InChI is InChI=1S/C26H26N2O3/c1-31-24-9-5-4-6-19(24)13-10-18-11-14-20(15-12-18)25-22(16-27)28(23(25)17-29)26(30)21-7-2-3-8-21/h4-6,9,11-12,14-15,21-23,25,29H,2-3,7-8,17H2,1H3/t22-,23+,25-/m0/s1. The monoisotopic (exact) mass is 414 g/mol. The summed E-state index contributed by atoms with van der Waals surface area (Å²) in [7, 11) is 1.62. The maximum Gasteiger partial charge on any atom is 0.227 e. The van der Waals surface area contributed by atoms with E-state index in [0.717, 1.165) is 48.1 Å². The molecule has 3 atom stereocenters. The fourth-order valence-corrected chi connectivity index (χ4v) is 4.77. The Balaban J connectivity index is 1.51. The number of aliphatic hydroxyl groups excluding tert-OH is 1. The number of para-hydroxylation sites is 1. The van der Waals surface area contributed by atoms with E-state index in [1.165, 1.54) is 0 Å². The molecule has 31 heavy (non-hydrogen) atoms. The van der Waals surface area contributed by atoms with Crippen molar-refractivity contribution >= 4 is 5.91 Å². The van der Waals surface area contributed by atoms with Crippen LogP contribution in [0.15, 0.2) is 48.5 Å². The first kappa shape index (κ1) is 21.0. The molecule has 5 nitrogen and oxygen atoms in total. The lowest BCUT2D eigenvalue weighted by molar-refractivity contribution is -0.151. The van der Waals surface area contributed by atoms with Crippen molar-refractivity contribution in [3.8, 4) is 23.7 Å². The predicted molar refractivity (Wildman–Crippen MR) is 117 cm³/mol. The van der Waals surface area contributed by atoms with Gasteiger partial charge in [0, 0.05) is 17.4 Å². The number of hydrogen-bond donors (Lipinski definition) is 1. The molecule has 2 aromatic rings. The number of aliphatic hydroxyl groups is 1. The van der Waals surface area contributed by atoms with Crippen LogP contribution in [0.25, 0.3) is 0 Å². The van der Waals surface area contributed by atoms with Crippen molar-refractivity contribution in [1.29, 1.82) is 5.26 Å². The molecule has 4 rings (SSSR count). The summed E-state index contributed by atoms with van der Waals surface area (Å²) in [6.07, 6.45) is 3.89. The Labute approximate surface area is 183 Å². The molecule has 1 saturated heterocycles. The Hall–Kier alpha value is -3.28. The van der Waals surface area contributed by atoms with Crippen LogP contribution < -0.4 is 4.74 Å². The maximum atomic E-state index is 12.9. The largest absolute Gasteiger partial charge is 0.495 e. The van der Waals surface area contributed by atoms with E-state index in [9.17, 15) is 15.2 Å². The summed E-state index contributed by atoms with van der Waals surface area (Å²) in [6, 6.07) is 16.8. The third-order valence-corrected chi connectivity index (χ3v) is 6.43. The molecule has 0 unspecified atom stereocenters. The number of nitriles is 1. The quantitative estimate of drug-likeness (QED) is 0.778. The van der Waals surface area contributed by atoms with Gasteiger partial charge in [0.25, 0.3) is 0 Å². The van der Waals surface area contributed by atoms with Gasteiger partial charge in [0.1, 0.15) is 11.8 Å². The summed E-state index contributed by atoms with van der Waals surface area (Å²) in [4.78, 5) is 14.5. The second-order valence-electron chi connectivity index (χ2n) is 8.15. The summed E-state index contributed by atoms with van der Waals surface area (Å²) in [5, 5.41) is 19.7. The minimum atomic E-state index is -0.532. The zero-order valence-electron chi connectivity index (χ0n) is 17.6. The Morgan fingerprint density at radius 2 is 1.84 bits per heavy atom. The van der Waals surface area contributed by atoms with Crippen molar-refractivity contribution in [2.45, 2.75) is 43.7 Å². The highest BCUT2D eigenvalue weighted by atomic mass is 16.5. The van der Waals surface area contributed by atoms with Gasteiger partial charge in [-0.25, -0.2) is 0 Å². The van der Waals surface area contributed by atoms with Crippen molar-refractivity contribution in [3.05, 3.63) is 65.2 Å². The summed E-state index contributed by atoms with van der Waals surface area (Å²) in [6.45, 7) is -0.142. The van der Waals surface area contributed by atoms with Crippen LogP contribution in [-0.4, -0.2) is 41.7 Å². The van der Waals surface area contributed by atoms with Crippen LogP contribution in [0, 0.1) is 29.1 Å². The van der Waals surface area contributed by atoms with E-state index < -0.39 is 6.04 Å². The van der Waals surface area contributed by atoms with Gasteiger partial charge >= 0.3 is 0 Å². The molecule has 0 spiro atoms. The SMILES string of the molecule is COc1ccccc1C#Cc1ccc([C@@H]2[C@@H](CO)N(C(=O)C3CCCC3)[C@H]2C#N)cc1. The normalized spacial score (nSPS) is 22.7. The average molecular weight is 415 g/mol. The van der Waals surface area contributed by atoms with Crippen LogP contribution in [0.5, 0.6) is 5.75 Å². The number of hydrogen-bond acceptors (Lipinski definition) is 4. The van der Waals surface area contributed by atoms with E-state index >= 15 is 0 Å². The Kier molecular flexibility index (Phi) is 6.26. The number of likely N-dealkylation sites (tertiary alicyclic amines) is 1. The fourth-order valence-electron chi connectivity index (χ4n) is 4.77. The van der Waals surface area contributed by atoms with Gasteiger partial charge in [0.15, 0.2) is 0 Å². The van der Waals surface area contributed by atoms with Gasteiger partial charge < -0.3 is 14.7 Å². The van der Waals surface area contributed by atoms with Crippen LogP contribution in [0.3, 0.4) is 0 Å². The maximum absolute atomic E-state index is 12.9. The fraction of sp³-hybridized carbons (Fsp3) is 0.385. The first-order valence-electron chi connectivity index (χ1n) is 10.8. The van der Waals surface area contributed by atoms with E-state index in [1.807, 2.05) is 48.5 Å². The molecule has 2 fully saturated rings. The van der Waals surface area contributed by atoms with Gasteiger partial charge in [-0.1, -0.05) is 48.9 Å². The van der Waals surface area contributed by atoms with Gasteiger partial charge in [-0.3, -0.25) is 4.79 Å². The van der Waals surface area contributed by atoms with Crippen LogP contribution in [-0.2, 0) is 4.79 Å². The molecule has 0 bridgehead atoms. The third-order valence-electron chi connectivity index (χ3n) is 6.43. The summed E-state index contributed by atoms with van der Waals surface area (Å²) in [5.74, 6) is 6.85. The molecule has 1 saturated carbocycles. The highest BCUT2D eigenvalue weighted by Gasteiger charge is 2.52. The molecule has 0 radical (unpaired) electrons. The summed E-state index contributed by atoms with van der Waals surface area (Å²) < 4.78 is 5.33. The average Bonchev–Trinajstić information content (AvgIpc) is 3.34. The van der Waals surface area contributed by atoms with E-state index in [4.69, 9.17) is 4.74 Å². The Bertz CT molecular complexity index is 1040. The zero-order chi connectivity index (χ0) is 21.8. The van der Waals surface area contributed by atoms with Crippen LogP contribution in [0.4, 0.5) is 0 Å². The molecular weight excluding hydrogens is 388 g/mol. The van der Waals surface area contributed by atoms with Gasteiger partial charge in [-0.05, 0) is 42.7 Å². The number of rotatable bonds is 4. The summed E-state index contributed by atoms with van der Waals surface area (Å²) in [5.41, 5.74) is 2.62. The van der Waals surface area contributed by atoms with Crippen molar-refractivity contribution in [2.24, 2.45) is 5.92 Å².